The van der Waals surface area contributed by atoms with Gasteiger partial charge in [-0.25, -0.2) is 0 Å². The molecule has 3 atom stereocenters. The molecule has 2 fully saturated rings. The second-order valence-corrected chi connectivity index (χ2v) is 8.01. The van der Waals surface area contributed by atoms with Gasteiger partial charge < -0.3 is 14.4 Å². The standard InChI is InChI=1S/C13H21NO3.C6H12O2.C2H6.C2H4.C2H2/c1-9-5-8-17-13(16)11(10(9)2)12(15)14-6-3-4-7-14;1-5(7)8-6(2,3)4;3*1-2/h9-11H,3-8H2,1-2H3;1-4H3;1-2H3;1-2H2;1-2H/t9-,10-,11+;;;;/m1..../s1. The summed E-state index contributed by atoms with van der Waals surface area (Å²) in [5.74, 6) is -0.702. The Morgan fingerprint density at radius 3 is 1.90 bits per heavy atom. The SMILES string of the molecule is C#C.C=C.CC.CC(=O)OC(C)(C)C.C[C@H]1[C@@H](C(=O)N2CCCC2)C(=O)OCC[C@H]1C. The molecule has 31 heavy (non-hydrogen) atoms. The molecule has 1 amide bonds. The number of hydrogen-bond acceptors (Lipinski definition) is 5. The number of hydrogen-bond donors (Lipinski definition) is 0. The largest absolute Gasteiger partial charge is 0.465 e. The molecule has 0 unspecified atom stereocenters. The quantitative estimate of drug-likeness (QED) is 0.252. The van der Waals surface area contributed by atoms with Gasteiger partial charge in [-0.3, -0.25) is 14.4 Å². The molecule has 0 N–H and O–H groups in total. The maximum atomic E-state index is 12.3. The lowest BCUT2D eigenvalue weighted by atomic mass is 9.82. The lowest BCUT2D eigenvalue weighted by Gasteiger charge is -2.26. The second kappa shape index (κ2) is 18.5. The number of cyclic esters (lactones) is 1. The summed E-state index contributed by atoms with van der Waals surface area (Å²) in [5.41, 5.74) is -0.328. The summed E-state index contributed by atoms with van der Waals surface area (Å²) in [4.78, 5) is 36.3. The third kappa shape index (κ3) is 14.4. The lowest BCUT2D eigenvalue weighted by Crippen LogP contribution is -2.41. The Labute approximate surface area is 190 Å². The Morgan fingerprint density at radius 2 is 1.55 bits per heavy atom. The number of rotatable bonds is 1. The van der Waals surface area contributed by atoms with E-state index in [4.69, 9.17) is 9.47 Å². The first-order chi connectivity index (χ1) is 14.5. The second-order valence-electron chi connectivity index (χ2n) is 8.01. The molecule has 0 bridgehead atoms. The third-order valence-electron chi connectivity index (χ3n) is 4.63. The fourth-order valence-corrected chi connectivity index (χ4v) is 3.13. The number of amides is 1. The average Bonchev–Trinajstić information content (AvgIpc) is 3.22. The Balaban J connectivity index is -0.000000474. The molecule has 2 saturated heterocycles. The summed E-state index contributed by atoms with van der Waals surface area (Å²) < 4.78 is 9.95. The topological polar surface area (TPSA) is 72.9 Å². The third-order valence-corrected chi connectivity index (χ3v) is 4.63. The van der Waals surface area contributed by atoms with Crippen LogP contribution >= 0.6 is 0 Å². The van der Waals surface area contributed by atoms with Crippen LogP contribution in [-0.2, 0) is 23.9 Å². The number of nitrogens with zero attached hydrogens (tertiary/aromatic N) is 1. The Kier molecular flexibility index (Phi) is 19.9. The van der Waals surface area contributed by atoms with Crippen molar-refractivity contribution in [2.24, 2.45) is 17.8 Å². The summed E-state index contributed by atoms with van der Waals surface area (Å²) in [6, 6.07) is 0. The monoisotopic (exact) mass is 439 g/mol. The van der Waals surface area contributed by atoms with E-state index in [0.717, 1.165) is 32.4 Å². The Bertz CT molecular complexity index is 530. The van der Waals surface area contributed by atoms with Crippen molar-refractivity contribution in [3.8, 4) is 12.8 Å². The van der Waals surface area contributed by atoms with Crippen molar-refractivity contribution in [1.29, 1.82) is 0 Å². The molecule has 6 nitrogen and oxygen atoms in total. The first-order valence-corrected chi connectivity index (χ1v) is 11.0. The molecule has 0 radical (unpaired) electrons. The van der Waals surface area contributed by atoms with Gasteiger partial charge in [-0.05, 0) is 51.9 Å². The number of terminal acetylenes is 1. The van der Waals surface area contributed by atoms with E-state index in [1.54, 1.807) is 0 Å². The zero-order chi connectivity index (χ0) is 25.2. The first kappa shape index (κ1) is 33.4. The highest BCUT2D eigenvalue weighted by Gasteiger charge is 2.41. The molecular formula is C25H45NO5. The number of esters is 2. The molecule has 0 aromatic carbocycles. The minimum atomic E-state index is -0.578. The van der Waals surface area contributed by atoms with Crippen molar-refractivity contribution in [3.05, 3.63) is 13.2 Å². The minimum absolute atomic E-state index is 0.0197. The summed E-state index contributed by atoms with van der Waals surface area (Å²) in [7, 11) is 0. The van der Waals surface area contributed by atoms with Crippen LogP contribution in [0.25, 0.3) is 0 Å². The van der Waals surface area contributed by atoms with Gasteiger partial charge in [-0.2, -0.15) is 0 Å². The van der Waals surface area contributed by atoms with E-state index in [2.05, 4.69) is 32.9 Å². The van der Waals surface area contributed by atoms with Crippen LogP contribution in [0.15, 0.2) is 13.2 Å². The van der Waals surface area contributed by atoms with Gasteiger partial charge in [0.05, 0.1) is 6.61 Å². The van der Waals surface area contributed by atoms with E-state index in [0.29, 0.717) is 12.5 Å². The summed E-state index contributed by atoms with van der Waals surface area (Å²) >= 11 is 0. The van der Waals surface area contributed by atoms with Crippen LogP contribution in [0, 0.1) is 30.6 Å². The van der Waals surface area contributed by atoms with Crippen molar-refractivity contribution in [3.63, 3.8) is 0 Å². The predicted octanol–water partition coefficient (Wildman–Crippen LogP) is 4.87. The molecule has 0 aromatic rings. The van der Waals surface area contributed by atoms with E-state index in [1.165, 1.54) is 6.92 Å². The van der Waals surface area contributed by atoms with Gasteiger partial charge in [-0.15, -0.1) is 26.0 Å². The van der Waals surface area contributed by atoms with Crippen LogP contribution < -0.4 is 0 Å². The fraction of sp³-hybridized carbons (Fsp3) is 0.720. The van der Waals surface area contributed by atoms with Crippen LogP contribution in [-0.4, -0.2) is 48.0 Å². The molecule has 0 aromatic heterocycles. The van der Waals surface area contributed by atoms with Crippen LogP contribution in [0.1, 0.15) is 74.7 Å². The number of carbonyl (C=O) groups excluding carboxylic acids is 3. The van der Waals surface area contributed by atoms with Crippen molar-refractivity contribution in [2.75, 3.05) is 19.7 Å². The summed E-state index contributed by atoms with van der Waals surface area (Å²) in [6.45, 7) is 23.1. The average molecular weight is 440 g/mol. The molecule has 2 heterocycles. The van der Waals surface area contributed by atoms with E-state index < -0.39 is 5.92 Å². The van der Waals surface area contributed by atoms with Crippen molar-refractivity contribution >= 4 is 17.8 Å². The molecule has 0 saturated carbocycles. The molecule has 0 aliphatic carbocycles. The molecule has 2 aliphatic rings. The van der Waals surface area contributed by atoms with E-state index >= 15 is 0 Å². The molecular weight excluding hydrogens is 394 g/mol. The number of ether oxygens (including phenoxy) is 2. The van der Waals surface area contributed by atoms with Crippen molar-refractivity contribution in [2.45, 2.75) is 80.3 Å². The smallest absolute Gasteiger partial charge is 0.318 e. The van der Waals surface area contributed by atoms with Gasteiger partial charge in [0.15, 0.2) is 0 Å². The van der Waals surface area contributed by atoms with Gasteiger partial charge in [0.25, 0.3) is 0 Å². The summed E-state index contributed by atoms with van der Waals surface area (Å²) in [6.07, 6.45) is 11.0. The maximum Gasteiger partial charge on any atom is 0.318 e. The summed E-state index contributed by atoms with van der Waals surface area (Å²) in [5, 5.41) is 0. The zero-order valence-corrected chi connectivity index (χ0v) is 21.0. The molecule has 2 aliphatic heterocycles. The first-order valence-electron chi connectivity index (χ1n) is 11.0. The normalized spacial score (nSPS) is 22.1. The highest BCUT2D eigenvalue weighted by molar-refractivity contribution is 5.98. The number of likely N-dealkylation sites (tertiary alicyclic amines) is 1. The maximum absolute atomic E-state index is 12.3. The van der Waals surface area contributed by atoms with Gasteiger partial charge >= 0.3 is 11.9 Å². The van der Waals surface area contributed by atoms with E-state index in [1.807, 2.05) is 46.4 Å². The van der Waals surface area contributed by atoms with Gasteiger partial charge in [0, 0.05) is 20.0 Å². The van der Waals surface area contributed by atoms with Crippen LogP contribution in [0.3, 0.4) is 0 Å². The lowest BCUT2D eigenvalue weighted by molar-refractivity contribution is -0.156. The van der Waals surface area contributed by atoms with Crippen LogP contribution in [0.4, 0.5) is 0 Å². The predicted molar refractivity (Wildman–Crippen MR) is 127 cm³/mol. The van der Waals surface area contributed by atoms with E-state index in [9.17, 15) is 14.4 Å². The van der Waals surface area contributed by atoms with Crippen LogP contribution in [0.5, 0.6) is 0 Å². The fourth-order valence-electron chi connectivity index (χ4n) is 3.13. The molecule has 180 valence electrons. The minimum Gasteiger partial charge on any atom is -0.465 e. The van der Waals surface area contributed by atoms with Gasteiger partial charge in [-0.1, -0.05) is 27.7 Å². The highest BCUT2D eigenvalue weighted by atomic mass is 16.6. The molecule has 0 spiro atoms. The molecule has 2 rings (SSSR count). The van der Waals surface area contributed by atoms with Gasteiger partial charge in [0.2, 0.25) is 5.91 Å². The highest BCUT2D eigenvalue weighted by Crippen LogP contribution is 2.30. The molecule has 6 heteroatoms. The Morgan fingerprint density at radius 1 is 1.10 bits per heavy atom. The van der Waals surface area contributed by atoms with Crippen LogP contribution in [0.2, 0.25) is 0 Å². The van der Waals surface area contributed by atoms with Crippen molar-refractivity contribution < 1.29 is 23.9 Å². The van der Waals surface area contributed by atoms with E-state index in [-0.39, 0.29) is 29.4 Å². The zero-order valence-electron chi connectivity index (χ0n) is 21.0. The number of carbonyl (C=O) groups is 3. The van der Waals surface area contributed by atoms with Gasteiger partial charge in [0.1, 0.15) is 11.5 Å². The Hall–Kier alpha value is -2.29. The van der Waals surface area contributed by atoms with Crippen molar-refractivity contribution in [1.82, 2.24) is 4.90 Å².